The molecule has 0 N–H and O–H groups in total. The van der Waals surface area contributed by atoms with Crippen LogP contribution in [0.15, 0.2) is 77.1 Å². The van der Waals surface area contributed by atoms with Crippen molar-refractivity contribution in [2.45, 2.75) is 13.8 Å². The molecule has 0 unspecified atom stereocenters. The molecular weight excluding hydrogens is 327 g/mol. The molecule has 0 bridgehead atoms. The number of aryl methyl sites for hydroxylation is 2. The SMILES string of the molecule is Cc1ccccc1N=Nc1c(-c2ccc(F)cc2)nc2c(C)cccn12. The van der Waals surface area contributed by atoms with Crippen LogP contribution in [0.5, 0.6) is 0 Å². The van der Waals surface area contributed by atoms with Gasteiger partial charge in [-0.3, -0.25) is 4.40 Å². The van der Waals surface area contributed by atoms with Gasteiger partial charge in [-0.15, -0.1) is 10.2 Å². The van der Waals surface area contributed by atoms with Crippen molar-refractivity contribution in [1.29, 1.82) is 0 Å². The highest BCUT2D eigenvalue weighted by Crippen LogP contribution is 2.33. The largest absolute Gasteiger partial charge is 0.282 e. The number of aromatic nitrogens is 2. The molecule has 4 nitrogen and oxygen atoms in total. The second-order valence-corrected chi connectivity index (χ2v) is 6.16. The number of hydrogen-bond acceptors (Lipinski definition) is 3. The van der Waals surface area contributed by atoms with E-state index in [2.05, 4.69) is 10.2 Å². The van der Waals surface area contributed by atoms with Crippen molar-refractivity contribution in [3.63, 3.8) is 0 Å². The molecule has 4 rings (SSSR count). The number of benzene rings is 2. The average Bonchev–Trinajstić information content (AvgIpc) is 3.02. The van der Waals surface area contributed by atoms with E-state index >= 15 is 0 Å². The smallest absolute Gasteiger partial charge is 0.187 e. The highest BCUT2D eigenvalue weighted by molar-refractivity contribution is 5.75. The van der Waals surface area contributed by atoms with Gasteiger partial charge in [0, 0.05) is 11.8 Å². The first-order valence-corrected chi connectivity index (χ1v) is 8.34. The predicted molar refractivity (Wildman–Crippen MR) is 101 cm³/mol. The summed E-state index contributed by atoms with van der Waals surface area (Å²) in [6.07, 6.45) is 1.91. The Labute approximate surface area is 150 Å². The number of imidazole rings is 1. The van der Waals surface area contributed by atoms with Crippen LogP contribution >= 0.6 is 0 Å². The molecule has 5 heteroatoms. The molecule has 0 radical (unpaired) electrons. The zero-order chi connectivity index (χ0) is 18.1. The molecule has 0 fully saturated rings. The van der Waals surface area contributed by atoms with Gasteiger partial charge in [0.05, 0.1) is 5.69 Å². The second kappa shape index (κ2) is 6.52. The van der Waals surface area contributed by atoms with E-state index in [1.807, 2.05) is 60.8 Å². The zero-order valence-corrected chi connectivity index (χ0v) is 14.5. The van der Waals surface area contributed by atoms with Crippen LogP contribution in [0.3, 0.4) is 0 Å². The molecule has 0 spiro atoms. The molecular formula is C21H17FN4. The first-order chi connectivity index (χ1) is 12.6. The fraction of sp³-hybridized carbons (Fsp3) is 0.0952. The van der Waals surface area contributed by atoms with Gasteiger partial charge in [0.25, 0.3) is 0 Å². The number of hydrogen-bond donors (Lipinski definition) is 0. The lowest BCUT2D eigenvalue weighted by molar-refractivity contribution is 0.628. The average molecular weight is 344 g/mol. The Morgan fingerprint density at radius 2 is 1.58 bits per heavy atom. The van der Waals surface area contributed by atoms with Crippen LogP contribution in [0, 0.1) is 19.7 Å². The summed E-state index contributed by atoms with van der Waals surface area (Å²) in [6, 6.07) is 18.0. The fourth-order valence-electron chi connectivity index (χ4n) is 2.87. The molecule has 0 aliphatic heterocycles. The van der Waals surface area contributed by atoms with Crippen LogP contribution in [-0.2, 0) is 0 Å². The van der Waals surface area contributed by atoms with Gasteiger partial charge in [-0.05, 0) is 61.4 Å². The third kappa shape index (κ3) is 2.88. The van der Waals surface area contributed by atoms with E-state index in [1.54, 1.807) is 12.1 Å². The Balaban J connectivity index is 1.91. The Hall–Kier alpha value is -3.34. The third-order valence-corrected chi connectivity index (χ3v) is 4.31. The Morgan fingerprint density at radius 1 is 0.846 bits per heavy atom. The minimum atomic E-state index is -0.281. The Kier molecular flexibility index (Phi) is 4.05. The molecule has 0 aliphatic rings. The van der Waals surface area contributed by atoms with Crippen LogP contribution in [0.4, 0.5) is 15.9 Å². The van der Waals surface area contributed by atoms with Gasteiger partial charge in [0.2, 0.25) is 0 Å². The lowest BCUT2D eigenvalue weighted by Crippen LogP contribution is -1.85. The van der Waals surface area contributed by atoms with E-state index < -0.39 is 0 Å². The maximum Gasteiger partial charge on any atom is 0.187 e. The van der Waals surface area contributed by atoms with Crippen LogP contribution in [0.25, 0.3) is 16.9 Å². The number of halogens is 1. The normalized spacial score (nSPS) is 11.5. The molecule has 0 saturated carbocycles. The van der Waals surface area contributed by atoms with Gasteiger partial charge in [0.1, 0.15) is 17.2 Å². The van der Waals surface area contributed by atoms with E-state index in [0.29, 0.717) is 11.5 Å². The van der Waals surface area contributed by atoms with E-state index in [4.69, 9.17) is 4.98 Å². The van der Waals surface area contributed by atoms with Gasteiger partial charge < -0.3 is 0 Å². The predicted octanol–water partition coefficient (Wildman–Crippen LogP) is 6.17. The van der Waals surface area contributed by atoms with Gasteiger partial charge in [-0.1, -0.05) is 24.3 Å². The number of rotatable bonds is 3. The number of pyridine rings is 1. The highest BCUT2D eigenvalue weighted by Gasteiger charge is 2.15. The van der Waals surface area contributed by atoms with E-state index in [9.17, 15) is 4.39 Å². The zero-order valence-electron chi connectivity index (χ0n) is 14.5. The summed E-state index contributed by atoms with van der Waals surface area (Å²) in [7, 11) is 0. The number of nitrogens with zero attached hydrogens (tertiary/aromatic N) is 4. The van der Waals surface area contributed by atoms with Crippen molar-refractivity contribution < 1.29 is 4.39 Å². The van der Waals surface area contributed by atoms with Gasteiger partial charge in [0.15, 0.2) is 5.82 Å². The van der Waals surface area contributed by atoms with Gasteiger partial charge in [-0.25, -0.2) is 9.37 Å². The molecule has 2 aromatic carbocycles. The van der Waals surface area contributed by atoms with Crippen molar-refractivity contribution in [2.75, 3.05) is 0 Å². The number of azo groups is 1. The summed E-state index contributed by atoms with van der Waals surface area (Å²) in [5.41, 5.74) is 5.17. The maximum absolute atomic E-state index is 13.3. The third-order valence-electron chi connectivity index (χ3n) is 4.31. The van der Waals surface area contributed by atoms with Crippen molar-refractivity contribution >= 4 is 17.2 Å². The molecule has 4 aromatic rings. The standard InChI is InChI=1S/C21H17FN4/c1-14-6-3-4-8-18(14)24-25-21-19(16-9-11-17(22)12-10-16)23-20-15(2)7-5-13-26(20)21/h3-13H,1-2H3. The molecule has 0 saturated heterocycles. The van der Waals surface area contributed by atoms with Crippen LogP contribution in [0.2, 0.25) is 0 Å². The van der Waals surface area contributed by atoms with Crippen molar-refractivity contribution in [1.82, 2.24) is 9.38 Å². The van der Waals surface area contributed by atoms with Crippen molar-refractivity contribution in [3.8, 4) is 11.3 Å². The maximum atomic E-state index is 13.3. The summed E-state index contributed by atoms with van der Waals surface area (Å²) < 4.78 is 15.2. The number of fused-ring (bicyclic) bond motifs is 1. The molecule has 0 atom stereocenters. The molecule has 2 heterocycles. The lowest BCUT2D eigenvalue weighted by atomic mass is 10.1. The van der Waals surface area contributed by atoms with E-state index in [1.165, 1.54) is 12.1 Å². The molecule has 2 aromatic heterocycles. The topological polar surface area (TPSA) is 42.0 Å². The molecule has 0 aliphatic carbocycles. The summed E-state index contributed by atoms with van der Waals surface area (Å²) in [5.74, 6) is 0.343. The molecule has 128 valence electrons. The second-order valence-electron chi connectivity index (χ2n) is 6.16. The highest BCUT2D eigenvalue weighted by atomic mass is 19.1. The molecule has 26 heavy (non-hydrogen) atoms. The van der Waals surface area contributed by atoms with Crippen LogP contribution in [0.1, 0.15) is 11.1 Å². The first kappa shape index (κ1) is 16.1. The van der Waals surface area contributed by atoms with Crippen LogP contribution < -0.4 is 0 Å². The minimum absolute atomic E-state index is 0.281. The quantitative estimate of drug-likeness (QED) is 0.410. The summed E-state index contributed by atoms with van der Waals surface area (Å²) >= 11 is 0. The Morgan fingerprint density at radius 3 is 2.35 bits per heavy atom. The van der Waals surface area contributed by atoms with E-state index in [0.717, 1.165) is 28.0 Å². The van der Waals surface area contributed by atoms with Gasteiger partial charge >= 0.3 is 0 Å². The monoisotopic (exact) mass is 344 g/mol. The van der Waals surface area contributed by atoms with Crippen LogP contribution in [-0.4, -0.2) is 9.38 Å². The fourth-order valence-corrected chi connectivity index (χ4v) is 2.87. The summed E-state index contributed by atoms with van der Waals surface area (Å²) in [6.45, 7) is 3.99. The Bertz CT molecular complexity index is 1110. The van der Waals surface area contributed by atoms with Crippen molar-refractivity contribution in [3.05, 3.63) is 83.8 Å². The molecule has 0 amide bonds. The van der Waals surface area contributed by atoms with E-state index in [-0.39, 0.29) is 5.82 Å². The minimum Gasteiger partial charge on any atom is -0.282 e. The first-order valence-electron chi connectivity index (χ1n) is 8.34. The lowest BCUT2D eigenvalue weighted by Gasteiger charge is -2.01. The summed E-state index contributed by atoms with van der Waals surface area (Å²) in [4.78, 5) is 4.73. The van der Waals surface area contributed by atoms with Crippen molar-refractivity contribution in [2.24, 2.45) is 10.2 Å². The summed E-state index contributed by atoms with van der Waals surface area (Å²) in [5, 5.41) is 8.92. The van der Waals surface area contributed by atoms with Gasteiger partial charge in [-0.2, -0.15) is 0 Å².